The summed E-state index contributed by atoms with van der Waals surface area (Å²) in [7, 11) is -1.29. The molecule has 1 aromatic carbocycles. The van der Waals surface area contributed by atoms with E-state index in [2.05, 4.69) is 36.0 Å². The average Bonchev–Trinajstić information content (AvgIpc) is 3.38. The number of nitriles is 1. The lowest BCUT2D eigenvalue weighted by Gasteiger charge is -2.33. The summed E-state index contributed by atoms with van der Waals surface area (Å²) < 4.78 is 46.0. The van der Waals surface area contributed by atoms with Crippen LogP contribution in [0.1, 0.15) is 71.9 Å². The van der Waals surface area contributed by atoms with E-state index in [1.807, 2.05) is 24.3 Å². The van der Waals surface area contributed by atoms with Gasteiger partial charge in [-0.05, 0) is 73.8 Å². The summed E-state index contributed by atoms with van der Waals surface area (Å²) in [5.41, 5.74) is 3.68. The van der Waals surface area contributed by atoms with Gasteiger partial charge in [0.05, 0.1) is 0 Å². The van der Waals surface area contributed by atoms with E-state index in [4.69, 9.17) is 4.74 Å². The summed E-state index contributed by atoms with van der Waals surface area (Å²) >= 11 is 0. The molecule has 0 atom stereocenters. The molecule has 2 amide bonds. The van der Waals surface area contributed by atoms with Gasteiger partial charge in [0.1, 0.15) is 12.8 Å². The number of nitrogens with one attached hydrogen (secondary N) is 1. The first-order valence-electron chi connectivity index (χ1n) is 14.4. The number of aromatic nitrogens is 2. The number of hydrogen-bond donors (Lipinski definition) is 1. The number of imidazole rings is 1. The van der Waals surface area contributed by atoms with Crippen molar-refractivity contribution >= 4 is 31.1 Å². The predicted octanol–water partition coefficient (Wildman–Crippen LogP) is 6.55. The van der Waals surface area contributed by atoms with E-state index < -0.39 is 26.1 Å². The molecule has 1 aliphatic carbocycles. The van der Waals surface area contributed by atoms with Gasteiger partial charge in [-0.1, -0.05) is 31.8 Å². The SMILES string of the molecule is C[Si](C)(C)CCOCn1cc(C#N)nc1C(=O)Nc1ccc(C2CCN(C(=O)C(F)(F)F)CC2)cc1C1=CCCCC1. The molecule has 8 nitrogen and oxygen atoms in total. The Kier molecular flexibility index (Phi) is 9.94. The minimum atomic E-state index is -4.86. The van der Waals surface area contributed by atoms with Crippen LogP contribution in [0.2, 0.25) is 25.7 Å². The molecule has 1 saturated heterocycles. The number of benzene rings is 1. The van der Waals surface area contributed by atoms with Crippen LogP contribution in [0.15, 0.2) is 30.5 Å². The average molecular weight is 602 g/mol. The monoisotopic (exact) mass is 601 g/mol. The number of halogens is 3. The van der Waals surface area contributed by atoms with Gasteiger partial charge < -0.3 is 19.5 Å². The van der Waals surface area contributed by atoms with Gasteiger partial charge in [0.25, 0.3) is 5.91 Å². The Labute approximate surface area is 245 Å². The third-order valence-electron chi connectivity index (χ3n) is 7.75. The first-order valence-corrected chi connectivity index (χ1v) is 18.1. The van der Waals surface area contributed by atoms with Crippen molar-refractivity contribution in [1.29, 1.82) is 5.26 Å². The number of hydrogen-bond acceptors (Lipinski definition) is 5. The molecular formula is C30H38F3N5O3Si. The molecule has 2 heterocycles. The summed E-state index contributed by atoms with van der Waals surface area (Å²) in [6.45, 7) is 7.51. The third kappa shape index (κ3) is 8.10. The highest BCUT2D eigenvalue weighted by Gasteiger charge is 2.43. The fourth-order valence-corrected chi connectivity index (χ4v) is 6.09. The summed E-state index contributed by atoms with van der Waals surface area (Å²) in [5.74, 6) is -2.17. The van der Waals surface area contributed by atoms with Gasteiger partial charge >= 0.3 is 12.1 Å². The summed E-state index contributed by atoms with van der Waals surface area (Å²) in [6.07, 6.45) is 3.55. The third-order valence-corrected chi connectivity index (χ3v) is 9.45. The highest BCUT2D eigenvalue weighted by atomic mass is 28.3. The van der Waals surface area contributed by atoms with Gasteiger partial charge in [0.2, 0.25) is 5.82 Å². The van der Waals surface area contributed by atoms with Crippen LogP contribution in [0, 0.1) is 11.3 Å². The van der Waals surface area contributed by atoms with E-state index in [0.717, 1.165) is 53.3 Å². The number of nitrogens with zero attached hydrogens (tertiary/aromatic N) is 4. The Hall–Kier alpha value is -3.43. The molecule has 1 aromatic heterocycles. The van der Waals surface area contributed by atoms with Crippen LogP contribution in [-0.4, -0.2) is 60.2 Å². The normalized spacial score (nSPS) is 16.6. The molecule has 1 fully saturated rings. The van der Waals surface area contributed by atoms with E-state index in [9.17, 15) is 28.0 Å². The number of ether oxygens (including phenoxy) is 1. The van der Waals surface area contributed by atoms with Crippen LogP contribution in [0.5, 0.6) is 0 Å². The lowest BCUT2D eigenvalue weighted by atomic mass is 9.85. The van der Waals surface area contributed by atoms with E-state index in [-0.39, 0.29) is 37.3 Å². The number of amides is 2. The minimum absolute atomic E-state index is 0.000342. The fraction of sp³-hybridized carbons (Fsp3) is 0.533. The smallest absolute Gasteiger partial charge is 0.361 e. The molecule has 226 valence electrons. The molecule has 1 N–H and O–H groups in total. The largest absolute Gasteiger partial charge is 0.471 e. The number of carbonyl (C=O) groups is 2. The molecule has 0 spiro atoms. The molecule has 1 aliphatic heterocycles. The Balaban J connectivity index is 1.53. The topological polar surface area (TPSA) is 100 Å². The second kappa shape index (κ2) is 13.3. The maximum absolute atomic E-state index is 13.5. The lowest BCUT2D eigenvalue weighted by Crippen LogP contribution is -2.45. The number of carbonyl (C=O) groups excluding carboxylic acids is 2. The van der Waals surface area contributed by atoms with Crippen molar-refractivity contribution < 1.29 is 27.5 Å². The predicted molar refractivity (Wildman–Crippen MR) is 156 cm³/mol. The highest BCUT2D eigenvalue weighted by Crippen LogP contribution is 2.37. The van der Waals surface area contributed by atoms with Crippen molar-refractivity contribution in [2.24, 2.45) is 0 Å². The maximum Gasteiger partial charge on any atom is 0.471 e. The molecule has 0 unspecified atom stereocenters. The zero-order valence-electron chi connectivity index (χ0n) is 24.4. The lowest BCUT2D eigenvalue weighted by molar-refractivity contribution is -0.186. The van der Waals surface area contributed by atoms with Crippen LogP contribution in [0.25, 0.3) is 5.57 Å². The Bertz CT molecular complexity index is 1370. The molecule has 0 bridgehead atoms. The molecule has 4 rings (SSSR count). The van der Waals surface area contributed by atoms with E-state index in [1.54, 1.807) is 4.57 Å². The van der Waals surface area contributed by atoms with Crippen LogP contribution in [0.4, 0.5) is 18.9 Å². The Morgan fingerprint density at radius 2 is 1.93 bits per heavy atom. The second-order valence-corrected chi connectivity index (χ2v) is 17.8. The van der Waals surface area contributed by atoms with Crippen molar-refractivity contribution in [3.8, 4) is 6.07 Å². The molecule has 42 heavy (non-hydrogen) atoms. The number of allylic oxidation sites excluding steroid dienone is 2. The molecular weight excluding hydrogens is 563 g/mol. The first-order chi connectivity index (χ1) is 19.9. The fourth-order valence-electron chi connectivity index (χ4n) is 5.34. The van der Waals surface area contributed by atoms with Gasteiger partial charge in [-0.25, -0.2) is 4.98 Å². The van der Waals surface area contributed by atoms with Crippen molar-refractivity contribution in [3.63, 3.8) is 0 Å². The van der Waals surface area contributed by atoms with Gasteiger partial charge in [-0.15, -0.1) is 0 Å². The van der Waals surface area contributed by atoms with E-state index in [1.165, 1.54) is 6.20 Å². The van der Waals surface area contributed by atoms with Crippen molar-refractivity contribution in [3.05, 3.63) is 53.1 Å². The molecule has 2 aromatic rings. The zero-order chi connectivity index (χ0) is 30.5. The number of anilines is 1. The van der Waals surface area contributed by atoms with Gasteiger partial charge in [-0.2, -0.15) is 18.4 Å². The van der Waals surface area contributed by atoms with Crippen molar-refractivity contribution in [2.45, 2.75) is 83.0 Å². The highest BCUT2D eigenvalue weighted by molar-refractivity contribution is 6.76. The van der Waals surface area contributed by atoms with Gasteiger partial charge in [0, 0.05) is 45.2 Å². The summed E-state index contributed by atoms with van der Waals surface area (Å²) in [5, 5.41) is 12.4. The minimum Gasteiger partial charge on any atom is -0.361 e. The Morgan fingerprint density at radius 1 is 1.19 bits per heavy atom. The number of rotatable bonds is 9. The van der Waals surface area contributed by atoms with Crippen LogP contribution in [-0.2, 0) is 16.3 Å². The van der Waals surface area contributed by atoms with Crippen molar-refractivity contribution in [1.82, 2.24) is 14.5 Å². The van der Waals surface area contributed by atoms with Crippen LogP contribution < -0.4 is 5.32 Å². The van der Waals surface area contributed by atoms with Crippen LogP contribution in [0.3, 0.4) is 0 Å². The summed E-state index contributed by atoms with van der Waals surface area (Å²) in [4.78, 5) is 30.2. The number of likely N-dealkylation sites (tertiary alicyclic amines) is 1. The molecule has 2 aliphatic rings. The maximum atomic E-state index is 13.5. The molecule has 0 radical (unpaired) electrons. The standard InChI is InChI=1S/C30H38F3N5O3Si/c1-42(2,3)16-15-41-20-38-19-24(18-34)35-27(38)28(39)36-26-10-9-23(17-25(26)22-7-5-4-6-8-22)21-11-13-37(14-12-21)29(40)30(31,32)33/h7,9-10,17,19,21H,4-6,8,11-16,20H2,1-3H3,(H,36,39). The number of piperidine rings is 1. The zero-order valence-corrected chi connectivity index (χ0v) is 25.4. The quantitative estimate of drug-likeness (QED) is 0.260. The van der Waals surface area contributed by atoms with E-state index in [0.29, 0.717) is 25.1 Å². The number of alkyl halides is 3. The first kappa shape index (κ1) is 31.5. The molecule has 0 saturated carbocycles. The Morgan fingerprint density at radius 3 is 2.55 bits per heavy atom. The summed E-state index contributed by atoms with van der Waals surface area (Å²) in [6, 6.07) is 8.70. The van der Waals surface area contributed by atoms with Crippen LogP contribution >= 0.6 is 0 Å². The van der Waals surface area contributed by atoms with E-state index >= 15 is 0 Å². The van der Waals surface area contributed by atoms with Gasteiger partial charge in [-0.3, -0.25) is 9.59 Å². The van der Waals surface area contributed by atoms with Gasteiger partial charge in [0.15, 0.2) is 5.69 Å². The second-order valence-electron chi connectivity index (χ2n) is 12.2. The molecule has 12 heteroatoms. The van der Waals surface area contributed by atoms with Crippen molar-refractivity contribution in [2.75, 3.05) is 25.0 Å².